The summed E-state index contributed by atoms with van der Waals surface area (Å²) in [5.41, 5.74) is 10.2. The highest BCUT2D eigenvalue weighted by Crippen LogP contribution is 2.39. The fourth-order valence-corrected chi connectivity index (χ4v) is 3.19. The molecule has 6 N–H and O–H groups in total. The molecule has 0 aromatic carbocycles. The molecule has 3 aliphatic rings. The van der Waals surface area contributed by atoms with Gasteiger partial charge in [-0.2, -0.15) is 0 Å². The lowest BCUT2D eigenvalue weighted by atomic mass is 9.93. The van der Waals surface area contributed by atoms with E-state index in [9.17, 15) is 14.0 Å². The van der Waals surface area contributed by atoms with E-state index in [1.54, 1.807) is 6.21 Å². The summed E-state index contributed by atoms with van der Waals surface area (Å²) in [4.78, 5) is 32.0. The Morgan fingerprint density at radius 3 is 2.61 bits per heavy atom. The highest BCUT2D eigenvalue weighted by Gasteiger charge is 2.49. The predicted octanol–water partition coefficient (Wildman–Crippen LogP) is 1.24. The average molecular weight is 382 g/mol. The molecule has 4 rings (SSSR count). The molecule has 28 heavy (non-hydrogen) atoms. The summed E-state index contributed by atoms with van der Waals surface area (Å²) in [6.45, 7) is 0. The number of rotatable bonds is 6. The molecule has 9 heteroatoms. The molecular formula is C19H19FN6O2. The number of pyridine rings is 1. The summed E-state index contributed by atoms with van der Waals surface area (Å²) in [7, 11) is 0. The maximum absolute atomic E-state index is 14.4. The fraction of sp³-hybridized carbons (Fsp3) is 0.263. The van der Waals surface area contributed by atoms with E-state index >= 15 is 0 Å². The molecule has 2 atom stereocenters. The second kappa shape index (κ2) is 6.59. The number of nitrogens with two attached hydrogens (primary N) is 2. The van der Waals surface area contributed by atoms with Crippen molar-refractivity contribution in [2.45, 2.75) is 24.4 Å². The molecule has 1 saturated carbocycles. The molecule has 1 fully saturated rings. The van der Waals surface area contributed by atoms with Crippen molar-refractivity contribution in [1.29, 1.82) is 0 Å². The number of halogens is 1. The van der Waals surface area contributed by atoms with Gasteiger partial charge >= 0.3 is 0 Å². The van der Waals surface area contributed by atoms with Crippen molar-refractivity contribution in [3.63, 3.8) is 0 Å². The lowest BCUT2D eigenvalue weighted by Gasteiger charge is -2.23. The SMILES string of the molecule is NC(=O)c1cc(F)c(NC2(C(N)=O)CC2)nc1NC1=CC2C=CC=CC2N=C1. The number of carbonyl (C=O) groups is 2. The minimum absolute atomic E-state index is 0.0230. The number of dihydropyridines is 1. The minimum atomic E-state index is -1.00. The lowest BCUT2D eigenvalue weighted by Crippen LogP contribution is -2.38. The smallest absolute Gasteiger partial charge is 0.252 e. The van der Waals surface area contributed by atoms with Crippen molar-refractivity contribution in [2.75, 3.05) is 10.6 Å². The summed E-state index contributed by atoms with van der Waals surface area (Å²) >= 11 is 0. The van der Waals surface area contributed by atoms with Crippen LogP contribution in [0.1, 0.15) is 23.2 Å². The van der Waals surface area contributed by atoms with Gasteiger partial charge in [-0.3, -0.25) is 14.6 Å². The molecule has 0 saturated heterocycles. The normalized spacial score (nSPS) is 23.5. The highest BCUT2D eigenvalue weighted by atomic mass is 19.1. The molecule has 2 amide bonds. The van der Waals surface area contributed by atoms with E-state index in [0.29, 0.717) is 18.5 Å². The number of hydrogen-bond donors (Lipinski definition) is 4. The van der Waals surface area contributed by atoms with Crippen LogP contribution < -0.4 is 22.1 Å². The minimum Gasteiger partial charge on any atom is -0.368 e. The molecule has 1 aromatic heterocycles. The summed E-state index contributed by atoms with van der Waals surface area (Å²) in [5, 5.41) is 5.75. The van der Waals surface area contributed by atoms with Gasteiger partial charge in [0.25, 0.3) is 5.91 Å². The van der Waals surface area contributed by atoms with Crippen LogP contribution in [0, 0.1) is 11.7 Å². The molecule has 1 aliphatic heterocycles. The van der Waals surface area contributed by atoms with Gasteiger partial charge in [-0.25, -0.2) is 9.37 Å². The molecule has 0 spiro atoms. The highest BCUT2D eigenvalue weighted by molar-refractivity contribution is 5.99. The number of aliphatic imine (C=N–C) groups is 1. The summed E-state index contributed by atoms with van der Waals surface area (Å²) in [5.74, 6) is -2.23. The summed E-state index contributed by atoms with van der Waals surface area (Å²) < 4.78 is 14.4. The van der Waals surface area contributed by atoms with Crippen LogP contribution in [-0.2, 0) is 4.79 Å². The number of hydrogen-bond acceptors (Lipinski definition) is 6. The van der Waals surface area contributed by atoms with Crippen molar-refractivity contribution in [3.8, 4) is 0 Å². The van der Waals surface area contributed by atoms with Gasteiger partial charge in [-0.1, -0.05) is 24.3 Å². The van der Waals surface area contributed by atoms with Gasteiger partial charge in [0.05, 0.1) is 17.3 Å². The van der Waals surface area contributed by atoms with Crippen LogP contribution in [0.25, 0.3) is 0 Å². The van der Waals surface area contributed by atoms with E-state index in [1.807, 2.05) is 30.4 Å². The number of fused-ring (bicyclic) bond motifs is 1. The van der Waals surface area contributed by atoms with Gasteiger partial charge in [0.15, 0.2) is 11.6 Å². The zero-order valence-corrected chi connectivity index (χ0v) is 14.9. The Balaban J connectivity index is 1.64. The zero-order chi connectivity index (χ0) is 19.9. The van der Waals surface area contributed by atoms with Gasteiger partial charge < -0.3 is 22.1 Å². The molecule has 2 heterocycles. The average Bonchev–Trinajstić information content (AvgIpc) is 3.45. The Bertz CT molecular complexity index is 977. The van der Waals surface area contributed by atoms with Crippen molar-refractivity contribution in [2.24, 2.45) is 22.4 Å². The lowest BCUT2D eigenvalue weighted by molar-refractivity contribution is -0.119. The second-order valence-corrected chi connectivity index (χ2v) is 7.01. The van der Waals surface area contributed by atoms with Crippen molar-refractivity contribution in [3.05, 3.63) is 53.5 Å². The fourth-order valence-electron chi connectivity index (χ4n) is 3.19. The van der Waals surface area contributed by atoms with Crippen molar-refractivity contribution >= 4 is 29.7 Å². The Hall–Kier alpha value is -3.49. The molecular weight excluding hydrogens is 363 g/mol. The Kier molecular flexibility index (Phi) is 4.21. The molecule has 8 nitrogen and oxygen atoms in total. The van der Waals surface area contributed by atoms with Crippen LogP contribution in [0.3, 0.4) is 0 Å². The summed E-state index contributed by atoms with van der Waals surface area (Å²) in [6, 6.07) is 1.01. The number of anilines is 2. The van der Waals surface area contributed by atoms with Crippen LogP contribution in [0.15, 0.2) is 47.1 Å². The molecule has 0 radical (unpaired) electrons. The molecule has 144 valence electrons. The third kappa shape index (κ3) is 3.26. The van der Waals surface area contributed by atoms with Crippen LogP contribution in [-0.4, -0.2) is 34.6 Å². The zero-order valence-electron chi connectivity index (χ0n) is 14.9. The quantitative estimate of drug-likeness (QED) is 0.587. The largest absolute Gasteiger partial charge is 0.368 e. The number of allylic oxidation sites excluding steroid dienone is 3. The van der Waals surface area contributed by atoms with Crippen molar-refractivity contribution in [1.82, 2.24) is 4.98 Å². The van der Waals surface area contributed by atoms with Gasteiger partial charge in [0.1, 0.15) is 11.4 Å². The first-order chi connectivity index (χ1) is 13.4. The Labute approximate surface area is 160 Å². The summed E-state index contributed by atoms with van der Waals surface area (Å²) in [6.07, 6.45) is 12.4. The number of carbonyl (C=O) groups excluding carboxylic acids is 2. The van der Waals surface area contributed by atoms with Crippen LogP contribution >= 0.6 is 0 Å². The van der Waals surface area contributed by atoms with E-state index in [4.69, 9.17) is 11.5 Å². The third-order valence-corrected chi connectivity index (χ3v) is 4.99. The second-order valence-electron chi connectivity index (χ2n) is 7.01. The van der Waals surface area contributed by atoms with Crippen LogP contribution in [0.5, 0.6) is 0 Å². The van der Waals surface area contributed by atoms with Gasteiger partial charge in [-0.05, 0) is 25.0 Å². The molecule has 0 bridgehead atoms. The van der Waals surface area contributed by atoms with Gasteiger partial charge in [0.2, 0.25) is 5.91 Å². The topological polar surface area (TPSA) is 135 Å². The third-order valence-electron chi connectivity index (χ3n) is 4.99. The molecule has 2 unspecified atom stereocenters. The van der Waals surface area contributed by atoms with Crippen molar-refractivity contribution < 1.29 is 14.0 Å². The number of primary amides is 2. The van der Waals surface area contributed by atoms with E-state index in [1.165, 1.54) is 0 Å². The van der Waals surface area contributed by atoms with E-state index in [-0.39, 0.29) is 29.2 Å². The molecule has 1 aromatic rings. The maximum atomic E-state index is 14.4. The number of nitrogens with zero attached hydrogens (tertiary/aromatic N) is 2. The number of amides is 2. The van der Waals surface area contributed by atoms with Crippen LogP contribution in [0.4, 0.5) is 16.0 Å². The van der Waals surface area contributed by atoms with Gasteiger partial charge in [0, 0.05) is 12.1 Å². The van der Waals surface area contributed by atoms with E-state index in [0.717, 1.165) is 6.07 Å². The first kappa shape index (κ1) is 17.9. The van der Waals surface area contributed by atoms with E-state index in [2.05, 4.69) is 20.6 Å². The maximum Gasteiger partial charge on any atom is 0.252 e. The Morgan fingerprint density at radius 2 is 1.93 bits per heavy atom. The molecule has 2 aliphatic carbocycles. The standard InChI is InChI=1S/C19H19FN6O2/c20-13-8-12(15(21)27)16(25-17(13)26-19(5-6-19)18(22)28)24-11-7-10-3-1-2-4-14(10)23-9-11/h1-4,7-10,14H,5-6H2,(H2,21,27)(H2,22,28)(H2,24,25,26). The monoisotopic (exact) mass is 382 g/mol. The van der Waals surface area contributed by atoms with Crippen LogP contribution in [0.2, 0.25) is 0 Å². The number of aromatic nitrogens is 1. The Morgan fingerprint density at radius 1 is 1.18 bits per heavy atom. The first-order valence-corrected chi connectivity index (χ1v) is 8.83. The predicted molar refractivity (Wildman–Crippen MR) is 103 cm³/mol. The van der Waals surface area contributed by atoms with E-state index < -0.39 is 23.2 Å². The number of nitrogens with one attached hydrogen (secondary N) is 2. The first-order valence-electron chi connectivity index (χ1n) is 8.83. The van der Waals surface area contributed by atoms with Gasteiger partial charge in [-0.15, -0.1) is 0 Å².